The number of nitrogens with zero attached hydrogens (tertiary/aromatic N) is 2. The van der Waals surface area contributed by atoms with E-state index in [2.05, 4.69) is 26.4 Å². The molecule has 6 heteroatoms. The summed E-state index contributed by atoms with van der Waals surface area (Å²) in [6, 6.07) is 7.62. The quantitative estimate of drug-likeness (QED) is 0.844. The van der Waals surface area contributed by atoms with Crippen LogP contribution in [0.1, 0.15) is 42.8 Å². The van der Waals surface area contributed by atoms with Crippen LogP contribution in [0, 0.1) is 6.92 Å². The molecule has 0 unspecified atom stereocenters. The fourth-order valence-corrected chi connectivity index (χ4v) is 3.12. The minimum Gasteiger partial charge on any atom is -0.359 e. The summed E-state index contributed by atoms with van der Waals surface area (Å²) >= 11 is 3.47. The van der Waals surface area contributed by atoms with Gasteiger partial charge in [0, 0.05) is 22.8 Å². The van der Waals surface area contributed by atoms with Crippen molar-refractivity contribution in [2.75, 3.05) is 11.9 Å². The molecular formula is C17H20BrN3O2. The first-order chi connectivity index (χ1) is 11.1. The molecule has 0 bridgehead atoms. The molecule has 2 amide bonds. The van der Waals surface area contributed by atoms with Crippen molar-refractivity contribution in [2.24, 2.45) is 0 Å². The van der Waals surface area contributed by atoms with Gasteiger partial charge < -0.3 is 14.7 Å². The molecule has 1 aliphatic rings. The van der Waals surface area contributed by atoms with E-state index in [9.17, 15) is 4.79 Å². The molecule has 3 rings (SSSR count). The average molecular weight is 378 g/mol. The molecule has 1 atom stereocenters. The number of carbonyl (C=O) groups is 1. The van der Waals surface area contributed by atoms with E-state index in [4.69, 9.17) is 4.52 Å². The van der Waals surface area contributed by atoms with Crippen molar-refractivity contribution in [1.82, 2.24) is 10.1 Å². The number of hydrogen-bond acceptors (Lipinski definition) is 3. The fourth-order valence-electron chi connectivity index (χ4n) is 2.88. The van der Waals surface area contributed by atoms with Crippen LogP contribution in [0.2, 0.25) is 0 Å². The van der Waals surface area contributed by atoms with Crippen LogP contribution < -0.4 is 5.32 Å². The van der Waals surface area contributed by atoms with E-state index in [0.717, 1.165) is 53.0 Å². The van der Waals surface area contributed by atoms with E-state index in [1.807, 2.05) is 43.0 Å². The number of aromatic nitrogens is 1. The van der Waals surface area contributed by atoms with Crippen molar-refractivity contribution >= 4 is 27.6 Å². The normalized spacial score (nSPS) is 17.5. The number of carbonyl (C=O) groups excluding carboxylic acids is 1. The molecular weight excluding hydrogens is 358 g/mol. The minimum atomic E-state index is -0.0938. The highest BCUT2D eigenvalue weighted by Crippen LogP contribution is 2.33. The summed E-state index contributed by atoms with van der Waals surface area (Å²) in [4.78, 5) is 14.4. The molecule has 122 valence electrons. The van der Waals surface area contributed by atoms with Crippen LogP contribution >= 0.6 is 15.9 Å². The van der Waals surface area contributed by atoms with E-state index in [1.165, 1.54) is 0 Å². The number of rotatable bonds is 3. The van der Waals surface area contributed by atoms with Crippen LogP contribution in [0.5, 0.6) is 0 Å². The van der Waals surface area contributed by atoms with Gasteiger partial charge >= 0.3 is 6.03 Å². The largest absolute Gasteiger partial charge is 0.359 e. The van der Waals surface area contributed by atoms with Gasteiger partial charge in [0.05, 0.1) is 11.7 Å². The third-order valence-electron chi connectivity index (χ3n) is 4.19. The molecule has 1 N–H and O–H groups in total. The summed E-state index contributed by atoms with van der Waals surface area (Å²) in [5.74, 6) is 0.779. The number of urea groups is 1. The molecule has 1 aromatic heterocycles. The summed E-state index contributed by atoms with van der Waals surface area (Å²) in [5, 5.41) is 7.02. The van der Waals surface area contributed by atoms with Gasteiger partial charge in [0.25, 0.3) is 0 Å². The third-order valence-corrected chi connectivity index (χ3v) is 5.08. The Morgan fingerprint density at radius 2 is 2.30 bits per heavy atom. The van der Waals surface area contributed by atoms with Crippen LogP contribution in [-0.4, -0.2) is 22.6 Å². The zero-order valence-corrected chi connectivity index (χ0v) is 14.9. The van der Waals surface area contributed by atoms with E-state index in [-0.39, 0.29) is 12.1 Å². The fraction of sp³-hybridized carbons (Fsp3) is 0.412. The van der Waals surface area contributed by atoms with Gasteiger partial charge in [-0.3, -0.25) is 0 Å². The highest BCUT2D eigenvalue weighted by atomic mass is 79.9. The first-order valence-electron chi connectivity index (χ1n) is 7.87. The van der Waals surface area contributed by atoms with E-state index in [1.54, 1.807) is 0 Å². The molecule has 23 heavy (non-hydrogen) atoms. The Labute approximate surface area is 144 Å². The number of likely N-dealkylation sites (tertiary alicyclic amines) is 1. The molecule has 1 fully saturated rings. The van der Waals surface area contributed by atoms with Gasteiger partial charge in [-0.2, -0.15) is 0 Å². The smallest absolute Gasteiger partial charge is 0.322 e. The lowest BCUT2D eigenvalue weighted by atomic mass is 10.1. The van der Waals surface area contributed by atoms with Gasteiger partial charge in [0.15, 0.2) is 5.76 Å². The van der Waals surface area contributed by atoms with Gasteiger partial charge in [-0.05, 0) is 49.9 Å². The summed E-state index contributed by atoms with van der Waals surface area (Å²) in [5.41, 5.74) is 2.81. The molecule has 0 radical (unpaired) electrons. The number of amides is 2. The third kappa shape index (κ3) is 3.42. The Balaban J connectivity index is 1.73. The first-order valence-corrected chi connectivity index (χ1v) is 8.67. The second-order valence-electron chi connectivity index (χ2n) is 5.82. The SMILES string of the molecule is CCc1cc([C@@H]2CCCN2C(=O)Nc2ccc(Br)c(C)c2)on1. The molecule has 5 nitrogen and oxygen atoms in total. The monoisotopic (exact) mass is 377 g/mol. The minimum absolute atomic E-state index is 0.0284. The molecule has 0 spiro atoms. The Kier molecular flexibility index (Phi) is 4.71. The van der Waals surface area contributed by atoms with Crippen LogP contribution in [0.25, 0.3) is 0 Å². The van der Waals surface area contributed by atoms with Crippen molar-refractivity contribution in [3.63, 3.8) is 0 Å². The van der Waals surface area contributed by atoms with Crippen molar-refractivity contribution in [3.05, 3.63) is 45.8 Å². The number of aryl methyl sites for hydroxylation is 2. The first kappa shape index (κ1) is 16.1. The molecule has 0 aliphatic carbocycles. The van der Waals surface area contributed by atoms with Crippen LogP contribution in [0.3, 0.4) is 0 Å². The average Bonchev–Trinajstić information content (AvgIpc) is 3.18. The van der Waals surface area contributed by atoms with Gasteiger partial charge in [-0.15, -0.1) is 0 Å². The van der Waals surface area contributed by atoms with Crippen molar-refractivity contribution in [2.45, 2.75) is 39.2 Å². The molecule has 0 saturated carbocycles. The van der Waals surface area contributed by atoms with E-state index in [0.29, 0.717) is 0 Å². The number of nitrogens with one attached hydrogen (secondary N) is 1. The molecule has 1 saturated heterocycles. The highest BCUT2D eigenvalue weighted by Gasteiger charge is 2.32. The number of halogens is 1. The maximum absolute atomic E-state index is 12.6. The predicted molar refractivity (Wildman–Crippen MR) is 92.5 cm³/mol. The van der Waals surface area contributed by atoms with Gasteiger partial charge in [0.2, 0.25) is 0 Å². The maximum atomic E-state index is 12.6. The maximum Gasteiger partial charge on any atom is 0.322 e. The Bertz CT molecular complexity index is 714. The zero-order valence-electron chi connectivity index (χ0n) is 13.3. The lowest BCUT2D eigenvalue weighted by Gasteiger charge is -2.23. The van der Waals surface area contributed by atoms with E-state index < -0.39 is 0 Å². The topological polar surface area (TPSA) is 58.4 Å². The van der Waals surface area contributed by atoms with Crippen molar-refractivity contribution < 1.29 is 9.32 Å². The van der Waals surface area contributed by atoms with Crippen molar-refractivity contribution in [1.29, 1.82) is 0 Å². The molecule has 2 aromatic rings. The summed E-state index contributed by atoms with van der Waals surface area (Å²) < 4.78 is 6.46. The van der Waals surface area contributed by atoms with Crippen LogP contribution in [-0.2, 0) is 6.42 Å². The Morgan fingerprint density at radius 1 is 1.48 bits per heavy atom. The lowest BCUT2D eigenvalue weighted by molar-refractivity contribution is 0.195. The van der Waals surface area contributed by atoms with Crippen LogP contribution in [0.4, 0.5) is 10.5 Å². The number of anilines is 1. The van der Waals surface area contributed by atoms with Gasteiger partial charge in [-0.25, -0.2) is 4.79 Å². The summed E-state index contributed by atoms with van der Waals surface area (Å²) in [6.07, 6.45) is 2.71. The summed E-state index contributed by atoms with van der Waals surface area (Å²) in [6.45, 7) is 4.77. The predicted octanol–water partition coefficient (Wildman–Crippen LogP) is 4.68. The van der Waals surface area contributed by atoms with Crippen LogP contribution in [0.15, 0.2) is 33.3 Å². The van der Waals surface area contributed by atoms with E-state index >= 15 is 0 Å². The number of benzene rings is 1. The molecule has 1 aromatic carbocycles. The number of hydrogen-bond donors (Lipinski definition) is 1. The second-order valence-corrected chi connectivity index (χ2v) is 6.67. The highest BCUT2D eigenvalue weighted by molar-refractivity contribution is 9.10. The molecule has 2 heterocycles. The lowest BCUT2D eigenvalue weighted by Crippen LogP contribution is -2.34. The van der Waals surface area contributed by atoms with Gasteiger partial charge in [0.1, 0.15) is 0 Å². The standard InChI is InChI=1S/C17H20BrN3O2/c1-3-12-10-16(23-20-12)15-5-4-8-21(15)17(22)19-13-6-7-14(18)11(2)9-13/h6-7,9-10,15H,3-5,8H2,1-2H3,(H,19,22)/t15-/m0/s1. The van der Waals surface area contributed by atoms with Gasteiger partial charge in [-0.1, -0.05) is 28.0 Å². The van der Waals surface area contributed by atoms with Crippen molar-refractivity contribution in [3.8, 4) is 0 Å². The Morgan fingerprint density at radius 3 is 3.00 bits per heavy atom. The Hall–Kier alpha value is -1.82. The summed E-state index contributed by atoms with van der Waals surface area (Å²) in [7, 11) is 0. The molecule has 1 aliphatic heterocycles. The second kappa shape index (κ2) is 6.74. The zero-order chi connectivity index (χ0) is 16.4.